The average molecular weight is 719 g/mol. The Hall–Kier alpha value is -3.68. The van der Waals surface area contributed by atoms with Crippen molar-refractivity contribution in [3.05, 3.63) is 99.0 Å². The van der Waals surface area contributed by atoms with Crippen LogP contribution < -0.4 is 14.9 Å². The number of carbonyl (C=O) groups is 3. The van der Waals surface area contributed by atoms with Crippen LogP contribution in [0.25, 0.3) is 0 Å². The summed E-state index contributed by atoms with van der Waals surface area (Å²) in [5.74, 6) is -2.12. The number of halogens is 2. The Morgan fingerprint density at radius 2 is 1.73 bits per heavy atom. The number of benzene rings is 3. The predicted molar refractivity (Wildman–Crippen MR) is 180 cm³/mol. The fourth-order valence-electron chi connectivity index (χ4n) is 6.48. The Kier molecular flexibility index (Phi) is 11.6. The van der Waals surface area contributed by atoms with E-state index in [1.165, 1.54) is 0 Å². The lowest BCUT2D eigenvalue weighted by Crippen LogP contribution is -2.59. The zero-order valence-electron chi connectivity index (χ0n) is 26.2. The number of ether oxygens (including phenoxy) is 1. The molecule has 0 bridgehead atoms. The van der Waals surface area contributed by atoms with Crippen LogP contribution in [-0.2, 0) is 31.1 Å². The number of hydrogen-bond acceptors (Lipinski definition) is 7. The van der Waals surface area contributed by atoms with Crippen LogP contribution >= 0.6 is 23.2 Å². The first-order valence-corrected chi connectivity index (χ1v) is 18.3. The molecule has 0 radical (unpaired) electrons. The van der Waals surface area contributed by atoms with Gasteiger partial charge in [-0.15, -0.1) is 0 Å². The molecule has 3 aromatic carbocycles. The number of aliphatic carboxylic acids is 1. The molecule has 11 nitrogen and oxygen atoms in total. The minimum Gasteiger partial charge on any atom is -0.494 e. The van der Waals surface area contributed by atoms with Gasteiger partial charge in [-0.05, 0) is 66.3 Å². The van der Waals surface area contributed by atoms with Gasteiger partial charge in [0, 0.05) is 34.1 Å². The first kappa shape index (κ1) is 35.6. The average Bonchev–Trinajstić information content (AvgIpc) is 3.03. The van der Waals surface area contributed by atoms with Crippen molar-refractivity contribution in [1.29, 1.82) is 0 Å². The summed E-state index contributed by atoms with van der Waals surface area (Å²) in [5, 5.41) is 9.42. The summed E-state index contributed by atoms with van der Waals surface area (Å²) >= 11 is 13.0. The summed E-state index contributed by atoms with van der Waals surface area (Å²) in [4.78, 5) is 46.6. The van der Waals surface area contributed by atoms with Crippen molar-refractivity contribution in [2.24, 2.45) is 0 Å². The maximum atomic E-state index is 14.4. The lowest BCUT2D eigenvalue weighted by Gasteiger charge is -2.49. The minimum absolute atomic E-state index is 0.0207. The third kappa shape index (κ3) is 8.66. The summed E-state index contributed by atoms with van der Waals surface area (Å²) in [6, 6.07) is 16.7. The van der Waals surface area contributed by atoms with Crippen molar-refractivity contribution < 1.29 is 37.5 Å². The Morgan fingerprint density at radius 3 is 2.44 bits per heavy atom. The third-order valence-corrected chi connectivity index (χ3v) is 9.82. The molecule has 256 valence electrons. The topological polar surface area (TPSA) is 151 Å². The minimum atomic E-state index is -3.61. The molecule has 1 aliphatic carbocycles. The largest absolute Gasteiger partial charge is 0.494 e. The highest BCUT2D eigenvalue weighted by Crippen LogP contribution is 2.47. The zero-order valence-corrected chi connectivity index (χ0v) is 28.6. The van der Waals surface area contributed by atoms with Gasteiger partial charge in [-0.1, -0.05) is 72.4 Å². The fourth-order valence-corrected chi connectivity index (χ4v) is 7.82. The number of rotatable bonds is 13. The van der Waals surface area contributed by atoms with E-state index < -0.39 is 45.9 Å². The van der Waals surface area contributed by atoms with Crippen molar-refractivity contribution in [3.63, 3.8) is 0 Å². The van der Waals surface area contributed by atoms with E-state index in [0.717, 1.165) is 24.7 Å². The summed E-state index contributed by atoms with van der Waals surface area (Å²) in [6.07, 6.45) is 4.10. The SMILES string of the molecule is CS(=O)(=O)N[C@H]1CCCC[C@@H]1N1C(=O)c2ccccc2[C@@H](C(=O)NOCc2ccc(OCCCC(=O)O)cc2)[C@@H]1c1ccc(Cl)cc1Cl. The highest BCUT2D eigenvalue weighted by molar-refractivity contribution is 7.88. The van der Waals surface area contributed by atoms with E-state index in [0.29, 0.717) is 46.7 Å². The summed E-state index contributed by atoms with van der Waals surface area (Å²) in [7, 11) is -3.61. The second-order valence-corrected chi connectivity index (χ2v) is 14.6. The van der Waals surface area contributed by atoms with Gasteiger partial charge in [0.2, 0.25) is 10.0 Å². The van der Waals surface area contributed by atoms with Gasteiger partial charge in [-0.2, -0.15) is 0 Å². The Morgan fingerprint density at radius 1 is 1.00 bits per heavy atom. The van der Waals surface area contributed by atoms with Crippen LogP contribution in [-0.4, -0.2) is 61.2 Å². The number of sulfonamides is 1. The second kappa shape index (κ2) is 15.7. The summed E-state index contributed by atoms with van der Waals surface area (Å²) < 4.78 is 33.1. The van der Waals surface area contributed by atoms with Gasteiger partial charge in [-0.25, -0.2) is 18.6 Å². The molecule has 1 fully saturated rings. The third-order valence-electron chi connectivity index (χ3n) is 8.53. The molecule has 0 spiro atoms. The number of carboxylic acid groups (broad SMARTS) is 1. The Balaban J connectivity index is 1.43. The van der Waals surface area contributed by atoms with Crippen LogP contribution in [0.5, 0.6) is 5.75 Å². The molecule has 4 atom stereocenters. The van der Waals surface area contributed by atoms with Crippen molar-refractivity contribution in [3.8, 4) is 5.75 Å². The molecule has 0 saturated heterocycles. The number of hydroxylamine groups is 1. The van der Waals surface area contributed by atoms with Gasteiger partial charge in [0.15, 0.2) is 0 Å². The van der Waals surface area contributed by atoms with Crippen LogP contribution in [0.3, 0.4) is 0 Å². The number of nitrogens with one attached hydrogen (secondary N) is 2. The maximum Gasteiger partial charge on any atom is 0.303 e. The summed E-state index contributed by atoms with van der Waals surface area (Å²) in [5.41, 5.74) is 4.64. The molecule has 5 rings (SSSR count). The molecule has 48 heavy (non-hydrogen) atoms. The van der Waals surface area contributed by atoms with Crippen molar-refractivity contribution in [2.45, 2.75) is 69.2 Å². The van der Waals surface area contributed by atoms with Crippen LogP contribution in [0, 0.1) is 0 Å². The molecular weight excluding hydrogens is 681 g/mol. The number of nitrogens with zero attached hydrogens (tertiary/aromatic N) is 1. The van der Waals surface area contributed by atoms with Gasteiger partial charge in [-0.3, -0.25) is 19.2 Å². The number of carboxylic acids is 1. The summed E-state index contributed by atoms with van der Waals surface area (Å²) in [6.45, 7) is 0.294. The van der Waals surface area contributed by atoms with Gasteiger partial charge in [0.25, 0.3) is 11.8 Å². The first-order valence-electron chi connectivity index (χ1n) is 15.6. The predicted octanol–water partition coefficient (Wildman–Crippen LogP) is 5.63. The van der Waals surface area contributed by atoms with E-state index in [4.69, 9.17) is 37.9 Å². The van der Waals surface area contributed by atoms with Crippen molar-refractivity contribution in [1.82, 2.24) is 15.1 Å². The van der Waals surface area contributed by atoms with E-state index in [1.54, 1.807) is 71.6 Å². The normalized spacial score (nSPS) is 21.0. The molecule has 3 aromatic rings. The highest BCUT2D eigenvalue weighted by atomic mass is 35.5. The van der Waals surface area contributed by atoms with Crippen LogP contribution in [0.2, 0.25) is 10.0 Å². The molecule has 1 aliphatic heterocycles. The fraction of sp³-hybridized carbons (Fsp3) is 0.382. The lowest BCUT2D eigenvalue weighted by atomic mass is 9.76. The Labute approximate surface area is 289 Å². The van der Waals surface area contributed by atoms with E-state index in [-0.39, 0.29) is 30.6 Å². The molecular formula is C34H37Cl2N3O8S. The van der Waals surface area contributed by atoms with Gasteiger partial charge in [0.1, 0.15) is 5.75 Å². The maximum absolute atomic E-state index is 14.4. The Bertz CT molecular complexity index is 1760. The molecule has 2 amide bonds. The smallest absolute Gasteiger partial charge is 0.303 e. The van der Waals surface area contributed by atoms with E-state index in [2.05, 4.69) is 10.2 Å². The molecule has 3 N–H and O–H groups in total. The van der Waals surface area contributed by atoms with Crippen LogP contribution in [0.15, 0.2) is 66.7 Å². The number of carbonyl (C=O) groups excluding carboxylic acids is 2. The number of fused-ring (bicyclic) bond motifs is 1. The molecule has 0 aromatic heterocycles. The van der Waals surface area contributed by atoms with E-state index >= 15 is 0 Å². The molecule has 14 heteroatoms. The van der Waals surface area contributed by atoms with Crippen molar-refractivity contribution >= 4 is 51.0 Å². The lowest BCUT2D eigenvalue weighted by molar-refractivity contribution is -0.138. The second-order valence-electron chi connectivity index (χ2n) is 12.0. The molecule has 2 aliphatic rings. The van der Waals surface area contributed by atoms with E-state index in [1.807, 2.05) is 0 Å². The van der Waals surface area contributed by atoms with Gasteiger partial charge >= 0.3 is 5.97 Å². The van der Waals surface area contributed by atoms with Crippen molar-refractivity contribution in [2.75, 3.05) is 12.9 Å². The standard InChI is InChI=1S/C34H37Cl2N3O8S/c1-48(44,45)38-28-9-4-5-10-29(28)39-32(26-17-14-22(35)19-27(26)36)31(24-7-2-3-8-25(24)34(39)43)33(42)37-47-20-21-12-15-23(16-13-21)46-18-6-11-30(40)41/h2-3,7-8,12-17,19,28-29,31-32,38H,4-6,9-11,18,20H2,1H3,(H,37,42)(H,40,41)/t28-,29-,31+,32-/m0/s1. The monoisotopic (exact) mass is 717 g/mol. The highest BCUT2D eigenvalue weighted by Gasteiger charge is 2.49. The molecule has 0 unspecified atom stereocenters. The molecule has 1 heterocycles. The number of amides is 2. The quantitative estimate of drug-likeness (QED) is 0.152. The number of hydrogen-bond donors (Lipinski definition) is 3. The van der Waals surface area contributed by atoms with Gasteiger partial charge in [0.05, 0.1) is 31.4 Å². The van der Waals surface area contributed by atoms with E-state index in [9.17, 15) is 22.8 Å². The van der Waals surface area contributed by atoms with Crippen LogP contribution in [0.1, 0.15) is 77.5 Å². The molecule has 1 saturated carbocycles. The van der Waals surface area contributed by atoms with Crippen LogP contribution in [0.4, 0.5) is 0 Å². The zero-order chi connectivity index (χ0) is 34.4. The first-order chi connectivity index (χ1) is 22.9. The van der Waals surface area contributed by atoms with Gasteiger partial charge < -0.3 is 14.7 Å².